The molecule has 0 aromatic rings. The molecule has 0 bridgehead atoms. The third kappa shape index (κ3) is 4.96. The number of urea groups is 1. The molecule has 2 atom stereocenters. The Balaban J connectivity index is 2.25. The average Bonchev–Trinajstić information content (AvgIpc) is 2.69. The lowest BCUT2D eigenvalue weighted by atomic mass is 10.0. The molecule has 0 aromatic heterocycles. The first-order chi connectivity index (χ1) is 8.49. The van der Waals surface area contributed by atoms with E-state index in [9.17, 15) is 14.4 Å². The predicted molar refractivity (Wildman–Crippen MR) is 61.8 cm³/mol. The third-order valence-electron chi connectivity index (χ3n) is 2.67. The van der Waals surface area contributed by atoms with Crippen LogP contribution in [-0.4, -0.2) is 42.3 Å². The van der Waals surface area contributed by atoms with E-state index in [2.05, 4.69) is 5.32 Å². The zero-order chi connectivity index (χ0) is 13.5. The quantitative estimate of drug-likeness (QED) is 0.608. The summed E-state index contributed by atoms with van der Waals surface area (Å²) < 4.78 is 5.33. The van der Waals surface area contributed by atoms with E-state index in [4.69, 9.17) is 9.84 Å². The number of carbonyl (C=O) groups is 3. The van der Waals surface area contributed by atoms with Crippen molar-refractivity contribution in [2.75, 3.05) is 13.2 Å². The fourth-order valence-corrected chi connectivity index (χ4v) is 1.61. The molecule has 3 N–H and O–H groups in total. The van der Waals surface area contributed by atoms with Crippen LogP contribution < -0.4 is 10.6 Å². The number of nitrogens with one attached hydrogen (secondary N) is 2. The summed E-state index contributed by atoms with van der Waals surface area (Å²) in [6, 6.07) is -0.644. The number of imide groups is 1. The van der Waals surface area contributed by atoms with Gasteiger partial charge in [0.25, 0.3) is 5.91 Å². The van der Waals surface area contributed by atoms with Crippen LogP contribution in [0.2, 0.25) is 0 Å². The van der Waals surface area contributed by atoms with Gasteiger partial charge in [-0.25, -0.2) is 9.59 Å². The summed E-state index contributed by atoms with van der Waals surface area (Å²) in [6.07, 6.45) is 2.40. The maximum atomic E-state index is 11.3. The van der Waals surface area contributed by atoms with E-state index in [1.54, 1.807) is 0 Å². The van der Waals surface area contributed by atoms with Crippen molar-refractivity contribution in [3.8, 4) is 0 Å². The van der Waals surface area contributed by atoms with Crippen LogP contribution in [0.4, 0.5) is 4.79 Å². The van der Waals surface area contributed by atoms with Gasteiger partial charge in [-0.05, 0) is 13.3 Å². The summed E-state index contributed by atoms with van der Waals surface area (Å²) >= 11 is 0. The van der Waals surface area contributed by atoms with Crippen molar-refractivity contribution < 1.29 is 24.2 Å². The number of ether oxygens (including phenoxy) is 1. The van der Waals surface area contributed by atoms with Crippen LogP contribution in [0, 0.1) is 5.92 Å². The van der Waals surface area contributed by atoms with Gasteiger partial charge < -0.3 is 15.2 Å². The standard InChI is InChI=1S/C11H16N2O5/c1-7-8(4-5-18-7)6-12-11(17)13-9(14)2-3-10(15)16/h2-3,7-8H,4-6H2,1H3,(H,15,16)(H2,12,13,14,17)/b3-2+. The molecule has 1 heterocycles. The Morgan fingerprint density at radius 3 is 2.67 bits per heavy atom. The first kappa shape index (κ1) is 14.2. The molecule has 0 aliphatic carbocycles. The molecule has 2 unspecified atom stereocenters. The van der Waals surface area contributed by atoms with Gasteiger partial charge in [0.1, 0.15) is 0 Å². The molecule has 1 saturated heterocycles. The van der Waals surface area contributed by atoms with E-state index in [0.29, 0.717) is 19.2 Å². The summed E-state index contributed by atoms with van der Waals surface area (Å²) in [7, 11) is 0. The van der Waals surface area contributed by atoms with Crippen molar-refractivity contribution in [1.82, 2.24) is 10.6 Å². The summed E-state index contributed by atoms with van der Waals surface area (Å²) in [6.45, 7) is 3.02. The monoisotopic (exact) mass is 256 g/mol. The average molecular weight is 256 g/mol. The van der Waals surface area contributed by atoms with Crippen molar-refractivity contribution in [3.05, 3.63) is 12.2 Å². The molecule has 1 aliphatic heterocycles. The van der Waals surface area contributed by atoms with Crippen molar-refractivity contribution >= 4 is 17.9 Å². The van der Waals surface area contributed by atoms with Crippen LogP contribution in [-0.2, 0) is 14.3 Å². The largest absolute Gasteiger partial charge is 0.478 e. The van der Waals surface area contributed by atoms with Crippen LogP contribution in [0.5, 0.6) is 0 Å². The van der Waals surface area contributed by atoms with Crippen LogP contribution >= 0.6 is 0 Å². The molecule has 1 fully saturated rings. The Bertz CT molecular complexity index is 366. The number of carboxylic acids is 1. The second-order valence-electron chi connectivity index (χ2n) is 4.00. The zero-order valence-corrected chi connectivity index (χ0v) is 10.0. The van der Waals surface area contributed by atoms with Gasteiger partial charge in [-0.15, -0.1) is 0 Å². The minimum absolute atomic E-state index is 0.0907. The maximum Gasteiger partial charge on any atom is 0.328 e. The number of carboxylic acid groups (broad SMARTS) is 1. The van der Waals surface area contributed by atoms with E-state index >= 15 is 0 Å². The summed E-state index contributed by atoms with van der Waals surface area (Å²) in [5.74, 6) is -1.78. The Morgan fingerprint density at radius 1 is 1.39 bits per heavy atom. The lowest BCUT2D eigenvalue weighted by Crippen LogP contribution is -2.41. The summed E-state index contributed by atoms with van der Waals surface area (Å²) in [4.78, 5) is 32.5. The molecule has 3 amide bonds. The van der Waals surface area contributed by atoms with Gasteiger partial charge >= 0.3 is 12.0 Å². The topological polar surface area (TPSA) is 105 Å². The van der Waals surface area contributed by atoms with Gasteiger partial charge in [0.05, 0.1) is 6.10 Å². The molecule has 7 nitrogen and oxygen atoms in total. The second-order valence-corrected chi connectivity index (χ2v) is 4.00. The van der Waals surface area contributed by atoms with Crippen molar-refractivity contribution in [2.45, 2.75) is 19.4 Å². The lowest BCUT2D eigenvalue weighted by Gasteiger charge is -2.14. The number of hydrogen-bond acceptors (Lipinski definition) is 4. The number of aliphatic carboxylic acids is 1. The lowest BCUT2D eigenvalue weighted by molar-refractivity contribution is -0.131. The fraction of sp³-hybridized carbons (Fsp3) is 0.545. The van der Waals surface area contributed by atoms with E-state index in [-0.39, 0.29) is 12.0 Å². The van der Waals surface area contributed by atoms with E-state index in [0.717, 1.165) is 12.5 Å². The van der Waals surface area contributed by atoms with Gasteiger partial charge in [0, 0.05) is 31.2 Å². The summed E-state index contributed by atoms with van der Waals surface area (Å²) in [5.41, 5.74) is 0. The van der Waals surface area contributed by atoms with Crippen molar-refractivity contribution in [1.29, 1.82) is 0 Å². The van der Waals surface area contributed by atoms with Gasteiger partial charge in [-0.3, -0.25) is 10.1 Å². The molecular formula is C11H16N2O5. The zero-order valence-electron chi connectivity index (χ0n) is 10.0. The maximum absolute atomic E-state index is 11.3. The fourth-order valence-electron chi connectivity index (χ4n) is 1.61. The van der Waals surface area contributed by atoms with Crippen molar-refractivity contribution in [3.63, 3.8) is 0 Å². The Hall–Kier alpha value is -1.89. The second kappa shape index (κ2) is 6.75. The number of carbonyl (C=O) groups excluding carboxylic acids is 2. The Labute approximate surface area is 104 Å². The highest BCUT2D eigenvalue weighted by atomic mass is 16.5. The van der Waals surface area contributed by atoms with E-state index < -0.39 is 17.9 Å². The molecule has 7 heteroatoms. The number of hydrogen-bond donors (Lipinski definition) is 3. The highest BCUT2D eigenvalue weighted by Gasteiger charge is 2.24. The minimum Gasteiger partial charge on any atom is -0.478 e. The third-order valence-corrected chi connectivity index (χ3v) is 2.67. The number of amides is 3. The molecule has 1 rings (SSSR count). The van der Waals surface area contributed by atoms with Crippen LogP contribution in [0.1, 0.15) is 13.3 Å². The first-order valence-electron chi connectivity index (χ1n) is 5.60. The predicted octanol–water partition coefficient (Wildman–Crippen LogP) is -0.122. The minimum atomic E-state index is -1.25. The normalized spacial score (nSPS) is 22.9. The number of rotatable bonds is 4. The van der Waals surface area contributed by atoms with Gasteiger partial charge in [0.15, 0.2) is 0 Å². The molecule has 100 valence electrons. The van der Waals surface area contributed by atoms with E-state index in [1.807, 2.05) is 12.2 Å². The van der Waals surface area contributed by atoms with Gasteiger partial charge in [-0.2, -0.15) is 0 Å². The summed E-state index contributed by atoms with van der Waals surface area (Å²) in [5, 5.41) is 12.8. The molecule has 18 heavy (non-hydrogen) atoms. The van der Waals surface area contributed by atoms with Crippen LogP contribution in [0.25, 0.3) is 0 Å². The molecular weight excluding hydrogens is 240 g/mol. The van der Waals surface area contributed by atoms with E-state index in [1.165, 1.54) is 0 Å². The highest BCUT2D eigenvalue weighted by Crippen LogP contribution is 2.18. The Morgan fingerprint density at radius 2 is 2.11 bits per heavy atom. The van der Waals surface area contributed by atoms with Gasteiger partial charge in [0.2, 0.25) is 0 Å². The SMILES string of the molecule is CC1OCCC1CNC(=O)NC(=O)/C=C/C(=O)O. The van der Waals surface area contributed by atoms with Gasteiger partial charge in [-0.1, -0.05) is 0 Å². The molecule has 0 saturated carbocycles. The smallest absolute Gasteiger partial charge is 0.328 e. The molecule has 1 aliphatic rings. The molecule has 0 aromatic carbocycles. The van der Waals surface area contributed by atoms with Crippen molar-refractivity contribution in [2.24, 2.45) is 5.92 Å². The first-order valence-corrected chi connectivity index (χ1v) is 5.60. The molecule has 0 radical (unpaired) electrons. The molecule has 0 spiro atoms. The highest BCUT2D eigenvalue weighted by molar-refractivity contribution is 6.02. The van der Waals surface area contributed by atoms with Crippen LogP contribution in [0.15, 0.2) is 12.2 Å². The van der Waals surface area contributed by atoms with Crippen LogP contribution in [0.3, 0.4) is 0 Å². The Kier molecular flexibility index (Phi) is 5.31.